The number of hydrogen-bond acceptors (Lipinski definition) is 3. The predicted molar refractivity (Wildman–Crippen MR) is 102 cm³/mol. The number of guanidine groups is 1. The molecule has 2 aromatic rings. The van der Waals surface area contributed by atoms with Crippen molar-refractivity contribution in [3.8, 4) is 0 Å². The summed E-state index contributed by atoms with van der Waals surface area (Å²) >= 11 is 0. The number of aromatic amines is 1. The standard InChI is InChI=1S/C19H28N4O2/c1-3-20-19(21-12-7-10-18(24)25-4-2)22-13-11-15-14-23-17-9-6-5-8-16(15)17/h5-6,8-9,14,23H,3-4,7,10-13H2,1-2H3,(H2,20,21,22). The molecule has 0 atom stereocenters. The fourth-order valence-electron chi connectivity index (χ4n) is 2.64. The molecule has 0 fully saturated rings. The van der Waals surface area contributed by atoms with E-state index >= 15 is 0 Å². The third-order valence-electron chi connectivity index (χ3n) is 3.82. The number of para-hydroxylation sites is 1. The maximum Gasteiger partial charge on any atom is 0.305 e. The van der Waals surface area contributed by atoms with Crippen molar-refractivity contribution in [2.75, 3.05) is 26.2 Å². The average molecular weight is 344 g/mol. The van der Waals surface area contributed by atoms with Crippen molar-refractivity contribution in [2.24, 2.45) is 4.99 Å². The van der Waals surface area contributed by atoms with Crippen LogP contribution >= 0.6 is 0 Å². The summed E-state index contributed by atoms with van der Waals surface area (Å²) in [6, 6.07) is 8.31. The molecule has 0 amide bonds. The summed E-state index contributed by atoms with van der Waals surface area (Å²) in [7, 11) is 0. The van der Waals surface area contributed by atoms with Crippen LogP contribution in [0.4, 0.5) is 0 Å². The number of esters is 1. The van der Waals surface area contributed by atoms with E-state index in [0.717, 1.165) is 31.0 Å². The number of nitrogens with one attached hydrogen (secondary N) is 3. The number of benzene rings is 1. The molecule has 6 heteroatoms. The maximum atomic E-state index is 11.3. The summed E-state index contributed by atoms with van der Waals surface area (Å²) in [6.45, 7) is 6.48. The molecule has 0 radical (unpaired) electrons. The van der Waals surface area contributed by atoms with Crippen molar-refractivity contribution in [2.45, 2.75) is 33.1 Å². The molecule has 1 aromatic heterocycles. The summed E-state index contributed by atoms with van der Waals surface area (Å²) in [6.07, 6.45) is 4.08. The molecule has 1 aromatic carbocycles. The summed E-state index contributed by atoms with van der Waals surface area (Å²) in [5, 5.41) is 7.84. The van der Waals surface area contributed by atoms with Crippen LogP contribution in [0.5, 0.6) is 0 Å². The van der Waals surface area contributed by atoms with E-state index in [1.54, 1.807) is 0 Å². The van der Waals surface area contributed by atoms with Crippen LogP contribution in [-0.2, 0) is 16.0 Å². The zero-order chi connectivity index (χ0) is 17.9. The lowest BCUT2D eigenvalue weighted by molar-refractivity contribution is -0.143. The highest BCUT2D eigenvalue weighted by molar-refractivity contribution is 5.83. The zero-order valence-electron chi connectivity index (χ0n) is 15.1. The highest BCUT2D eigenvalue weighted by Gasteiger charge is 2.04. The lowest BCUT2D eigenvalue weighted by Crippen LogP contribution is -2.38. The fourth-order valence-corrected chi connectivity index (χ4v) is 2.64. The average Bonchev–Trinajstić information content (AvgIpc) is 3.02. The molecular formula is C19H28N4O2. The van der Waals surface area contributed by atoms with Crippen molar-refractivity contribution < 1.29 is 9.53 Å². The van der Waals surface area contributed by atoms with Crippen LogP contribution in [0.3, 0.4) is 0 Å². The van der Waals surface area contributed by atoms with Crippen LogP contribution in [0.25, 0.3) is 10.9 Å². The van der Waals surface area contributed by atoms with Crippen LogP contribution in [0.1, 0.15) is 32.3 Å². The lowest BCUT2D eigenvalue weighted by Gasteiger charge is -2.11. The molecule has 0 aliphatic rings. The Labute approximate surface area is 149 Å². The van der Waals surface area contributed by atoms with Gasteiger partial charge in [-0.1, -0.05) is 18.2 Å². The number of carbonyl (C=O) groups is 1. The number of aliphatic imine (C=N–C) groups is 1. The minimum Gasteiger partial charge on any atom is -0.466 e. The van der Waals surface area contributed by atoms with Gasteiger partial charge in [-0.05, 0) is 38.3 Å². The van der Waals surface area contributed by atoms with E-state index in [2.05, 4.69) is 45.0 Å². The van der Waals surface area contributed by atoms with E-state index in [1.807, 2.05) is 19.9 Å². The van der Waals surface area contributed by atoms with Gasteiger partial charge in [-0.25, -0.2) is 0 Å². The van der Waals surface area contributed by atoms with Crippen molar-refractivity contribution in [1.29, 1.82) is 0 Å². The Balaban J connectivity index is 1.78. The molecule has 0 bridgehead atoms. The highest BCUT2D eigenvalue weighted by Crippen LogP contribution is 2.17. The van der Waals surface area contributed by atoms with Gasteiger partial charge >= 0.3 is 5.97 Å². The normalized spacial score (nSPS) is 11.5. The molecule has 136 valence electrons. The topological polar surface area (TPSA) is 78.5 Å². The van der Waals surface area contributed by atoms with Crippen LogP contribution in [0.15, 0.2) is 35.5 Å². The van der Waals surface area contributed by atoms with Gasteiger partial charge in [0.05, 0.1) is 6.61 Å². The Kier molecular flexibility index (Phi) is 7.82. The molecule has 3 N–H and O–H groups in total. The largest absolute Gasteiger partial charge is 0.466 e. The first-order valence-corrected chi connectivity index (χ1v) is 8.97. The van der Waals surface area contributed by atoms with Crippen molar-refractivity contribution >= 4 is 22.8 Å². The maximum absolute atomic E-state index is 11.3. The van der Waals surface area contributed by atoms with E-state index in [-0.39, 0.29) is 5.97 Å². The van der Waals surface area contributed by atoms with Crippen LogP contribution in [0.2, 0.25) is 0 Å². The van der Waals surface area contributed by atoms with Crippen LogP contribution in [0, 0.1) is 0 Å². The van der Waals surface area contributed by atoms with Crippen molar-refractivity contribution in [3.05, 3.63) is 36.0 Å². The second-order valence-electron chi connectivity index (χ2n) is 5.71. The molecule has 0 aliphatic heterocycles. The molecule has 1 heterocycles. The molecular weight excluding hydrogens is 316 g/mol. The van der Waals surface area contributed by atoms with Gasteiger partial charge in [0.25, 0.3) is 0 Å². The fraction of sp³-hybridized carbons (Fsp3) is 0.474. The van der Waals surface area contributed by atoms with Gasteiger partial charge in [0, 0.05) is 43.2 Å². The number of carbonyl (C=O) groups excluding carboxylic acids is 1. The van der Waals surface area contributed by atoms with E-state index < -0.39 is 0 Å². The summed E-state index contributed by atoms with van der Waals surface area (Å²) in [5.41, 5.74) is 2.46. The minimum atomic E-state index is -0.157. The third kappa shape index (κ3) is 6.14. The van der Waals surface area contributed by atoms with E-state index in [9.17, 15) is 4.79 Å². The van der Waals surface area contributed by atoms with Gasteiger partial charge in [0.15, 0.2) is 5.96 Å². The summed E-state index contributed by atoms with van der Waals surface area (Å²) in [4.78, 5) is 19.1. The number of nitrogens with zero attached hydrogens (tertiary/aromatic N) is 1. The number of H-pyrrole nitrogens is 1. The molecule has 0 unspecified atom stereocenters. The zero-order valence-corrected chi connectivity index (χ0v) is 15.1. The monoisotopic (exact) mass is 344 g/mol. The Morgan fingerprint density at radius 1 is 1.24 bits per heavy atom. The van der Waals surface area contributed by atoms with Gasteiger partial charge in [0.1, 0.15) is 0 Å². The second-order valence-corrected chi connectivity index (χ2v) is 5.71. The second kappa shape index (κ2) is 10.4. The molecule has 2 rings (SSSR count). The van der Waals surface area contributed by atoms with Crippen LogP contribution in [-0.4, -0.2) is 43.2 Å². The Morgan fingerprint density at radius 3 is 2.88 bits per heavy atom. The SMILES string of the molecule is CCNC(=NCCCC(=O)OCC)NCCc1c[nH]c2ccccc12. The quantitative estimate of drug-likeness (QED) is 0.283. The van der Waals surface area contributed by atoms with Gasteiger partial charge in [-0.2, -0.15) is 0 Å². The van der Waals surface area contributed by atoms with Gasteiger partial charge in [-0.15, -0.1) is 0 Å². The lowest BCUT2D eigenvalue weighted by atomic mass is 10.1. The predicted octanol–water partition coefficient (Wildman–Crippen LogP) is 2.61. The number of aromatic nitrogens is 1. The van der Waals surface area contributed by atoms with Crippen LogP contribution < -0.4 is 10.6 Å². The van der Waals surface area contributed by atoms with Crippen molar-refractivity contribution in [1.82, 2.24) is 15.6 Å². The van der Waals surface area contributed by atoms with E-state index in [1.165, 1.54) is 10.9 Å². The minimum absolute atomic E-state index is 0.157. The van der Waals surface area contributed by atoms with Gasteiger partial charge < -0.3 is 20.4 Å². The Morgan fingerprint density at radius 2 is 2.08 bits per heavy atom. The molecule has 0 aliphatic carbocycles. The highest BCUT2D eigenvalue weighted by atomic mass is 16.5. The molecule has 0 saturated heterocycles. The number of rotatable bonds is 9. The first-order chi connectivity index (χ1) is 12.2. The Bertz CT molecular complexity index is 694. The first-order valence-electron chi connectivity index (χ1n) is 8.97. The molecule has 6 nitrogen and oxygen atoms in total. The third-order valence-corrected chi connectivity index (χ3v) is 3.82. The summed E-state index contributed by atoms with van der Waals surface area (Å²) < 4.78 is 4.92. The van der Waals surface area contributed by atoms with Gasteiger partial charge in [0.2, 0.25) is 0 Å². The number of fused-ring (bicyclic) bond motifs is 1. The first kappa shape index (κ1) is 18.8. The number of hydrogen-bond donors (Lipinski definition) is 3. The molecule has 25 heavy (non-hydrogen) atoms. The van der Waals surface area contributed by atoms with Gasteiger partial charge in [-0.3, -0.25) is 9.79 Å². The van der Waals surface area contributed by atoms with Crippen molar-refractivity contribution in [3.63, 3.8) is 0 Å². The molecule has 0 saturated carbocycles. The van der Waals surface area contributed by atoms with E-state index in [0.29, 0.717) is 26.0 Å². The van der Waals surface area contributed by atoms with E-state index in [4.69, 9.17) is 4.74 Å². The molecule has 0 spiro atoms. The number of ether oxygens (including phenoxy) is 1. The Hall–Kier alpha value is -2.50. The summed E-state index contributed by atoms with van der Waals surface area (Å²) in [5.74, 6) is 0.626. The smallest absolute Gasteiger partial charge is 0.305 e.